The van der Waals surface area contributed by atoms with Crippen LogP contribution in [0.1, 0.15) is 58.3 Å². The van der Waals surface area contributed by atoms with Crippen LogP contribution in [0.3, 0.4) is 0 Å². The first-order valence-corrected chi connectivity index (χ1v) is 13.4. The third-order valence-electron chi connectivity index (χ3n) is 4.40. The van der Waals surface area contributed by atoms with Crippen molar-refractivity contribution >= 4 is 44.1 Å². The summed E-state index contributed by atoms with van der Waals surface area (Å²) in [6.45, 7) is 3.25. The Morgan fingerprint density at radius 2 is 1.64 bits per heavy atom. The molecule has 0 saturated carbocycles. The van der Waals surface area contributed by atoms with Gasteiger partial charge in [0.1, 0.15) is 0 Å². The number of carbonyl (C=O) groups excluding carboxylic acids is 1. The topological polar surface area (TPSA) is 20.3 Å². The number of benzene rings is 1. The van der Waals surface area contributed by atoms with Gasteiger partial charge in [0.05, 0.1) is 0 Å². The molecule has 1 aromatic rings. The van der Waals surface area contributed by atoms with Gasteiger partial charge in [-0.25, -0.2) is 0 Å². The summed E-state index contributed by atoms with van der Waals surface area (Å²) in [5.41, 5.74) is 0. The van der Waals surface area contributed by atoms with E-state index >= 15 is 0 Å². The zero-order chi connectivity index (χ0) is 18.3. The zero-order valence-corrected chi connectivity index (χ0v) is 23.6. The molecule has 0 spiro atoms. The van der Waals surface area contributed by atoms with Gasteiger partial charge in [-0.2, -0.15) is 0 Å². The molecule has 1 unspecified atom stereocenters. The molecule has 6 heteroatoms. The van der Waals surface area contributed by atoms with Crippen LogP contribution in [0.25, 0.3) is 0 Å². The normalized spacial score (nSPS) is 11.3. The molecule has 1 atom stereocenters. The van der Waals surface area contributed by atoms with Crippen molar-refractivity contribution in [1.82, 2.24) is 4.90 Å². The standard InChI is InChI=1S/C16H30NO.C6H5.3ClH.Hf/c1-4-5-6-7-8-9-10-11-12-16(15-18)13-14-17(2)3;1-2-4-6-5-3-1;;;;/h10-11,16H,4-9,12-14H2,1-3H3;1-5H;3*1H;. The fourth-order valence-electron chi connectivity index (χ4n) is 2.78. The van der Waals surface area contributed by atoms with Crippen molar-refractivity contribution in [1.29, 1.82) is 0 Å². The molecule has 2 nitrogen and oxygen atoms in total. The van der Waals surface area contributed by atoms with E-state index in [1.54, 1.807) is 0 Å². The Bertz CT molecular complexity index is 498. The smallest absolute Gasteiger partial charge is 0.147 e. The molecule has 0 aliphatic rings. The first-order chi connectivity index (χ1) is 12.1. The number of carbonyl (C=O) groups is 1. The fourth-order valence-corrected chi connectivity index (χ4v) is 6.77. The van der Waals surface area contributed by atoms with E-state index < -0.39 is 22.9 Å². The summed E-state index contributed by atoms with van der Waals surface area (Å²) in [5.74, 6) is 0.224. The summed E-state index contributed by atoms with van der Waals surface area (Å²) in [6.07, 6.45) is 14.3. The molecule has 0 heterocycles. The summed E-state index contributed by atoms with van der Waals surface area (Å²) >= 11 is -1.38. The largest absolute Gasteiger partial charge is 0.147 e. The van der Waals surface area contributed by atoms with Gasteiger partial charge in [0.2, 0.25) is 0 Å². The molecule has 162 valence electrons. The van der Waals surface area contributed by atoms with Gasteiger partial charge in [0.25, 0.3) is 0 Å². The summed E-state index contributed by atoms with van der Waals surface area (Å²) in [6, 6.07) is 10.4. The molecule has 0 aliphatic heterocycles. The summed E-state index contributed by atoms with van der Waals surface area (Å²) in [5, 5.41) is 0. The summed E-state index contributed by atoms with van der Waals surface area (Å²) in [4.78, 5) is 15.0. The maximum absolute atomic E-state index is 12.8. The van der Waals surface area contributed by atoms with E-state index in [4.69, 9.17) is 0 Å². The van der Waals surface area contributed by atoms with Gasteiger partial charge in [-0.05, 0) is 0 Å². The van der Waals surface area contributed by atoms with Crippen molar-refractivity contribution in [2.75, 3.05) is 20.6 Å². The second-order valence-electron chi connectivity index (χ2n) is 7.05. The SMILES string of the molecule is CCCCCCCC=CCC(CCN(C)C)[C](=O)[Hf][c]1ccccc1.Cl.Cl.Cl. The molecule has 0 aliphatic carbocycles. The molecule has 0 saturated heterocycles. The second-order valence-corrected chi connectivity index (χ2v) is 11.8. The Hall–Kier alpha value is 0.330. The van der Waals surface area contributed by atoms with Crippen molar-refractivity contribution in [2.45, 2.75) is 58.3 Å². The number of nitrogens with zero attached hydrogens (tertiary/aromatic N) is 1. The van der Waals surface area contributed by atoms with Crippen molar-refractivity contribution < 1.29 is 27.7 Å². The maximum Gasteiger partial charge on any atom is -0.147 e. The van der Waals surface area contributed by atoms with E-state index in [-0.39, 0.29) is 43.1 Å². The summed E-state index contributed by atoms with van der Waals surface area (Å²) in [7, 11) is 4.18. The quantitative estimate of drug-likeness (QED) is 0.144. The van der Waals surface area contributed by atoms with Gasteiger partial charge >= 0.3 is 167 Å². The molecule has 0 bridgehead atoms. The molecule has 1 aromatic carbocycles. The number of halogens is 3. The third kappa shape index (κ3) is 17.2. The first kappa shape index (κ1) is 33.0. The molecule has 28 heavy (non-hydrogen) atoms. The average Bonchev–Trinajstić information content (AvgIpc) is 2.60. The second kappa shape index (κ2) is 22.0. The van der Waals surface area contributed by atoms with Gasteiger partial charge < -0.3 is 0 Å². The van der Waals surface area contributed by atoms with Crippen LogP contribution in [0.2, 0.25) is 0 Å². The number of rotatable bonds is 14. The van der Waals surface area contributed by atoms with Crippen molar-refractivity contribution in [3.63, 3.8) is 0 Å². The van der Waals surface area contributed by atoms with Crippen LogP contribution in [0.15, 0.2) is 42.5 Å². The van der Waals surface area contributed by atoms with Gasteiger partial charge in [0.15, 0.2) is 0 Å². The van der Waals surface area contributed by atoms with Crippen molar-refractivity contribution in [2.24, 2.45) is 5.92 Å². The van der Waals surface area contributed by atoms with Crippen LogP contribution in [-0.4, -0.2) is 29.1 Å². The van der Waals surface area contributed by atoms with Crippen LogP contribution < -0.4 is 3.32 Å². The zero-order valence-electron chi connectivity index (χ0n) is 17.6. The molecular formula is C22H38Cl3HfNO. The Kier molecular flexibility index (Phi) is 25.9. The van der Waals surface area contributed by atoms with E-state index in [1.807, 2.05) is 6.07 Å². The molecule has 0 N–H and O–H groups in total. The van der Waals surface area contributed by atoms with Gasteiger partial charge in [-0.1, -0.05) is 0 Å². The van der Waals surface area contributed by atoms with E-state index in [2.05, 4.69) is 62.3 Å². The molecule has 0 fully saturated rings. The Labute approximate surface area is 202 Å². The number of unbranched alkanes of at least 4 members (excludes halogenated alkanes) is 5. The Morgan fingerprint density at radius 1 is 1.00 bits per heavy atom. The number of allylic oxidation sites excluding steroid dienone is 2. The predicted octanol–water partition coefficient (Wildman–Crippen LogP) is 6.06. The first-order valence-electron chi connectivity index (χ1n) is 9.79. The minimum atomic E-state index is -1.38. The van der Waals surface area contributed by atoms with E-state index in [0.717, 1.165) is 19.4 Å². The summed E-state index contributed by atoms with van der Waals surface area (Å²) < 4.78 is 1.89. The van der Waals surface area contributed by atoms with Crippen molar-refractivity contribution in [3.05, 3.63) is 42.5 Å². The number of hydrogen-bond donors (Lipinski definition) is 0. The minimum absolute atomic E-state index is 0. The van der Waals surface area contributed by atoms with Gasteiger partial charge in [-0.15, -0.1) is 37.2 Å². The van der Waals surface area contributed by atoms with Crippen LogP contribution in [-0.2, 0) is 27.7 Å². The molecule has 0 amide bonds. The molecule has 0 radical (unpaired) electrons. The minimum Gasteiger partial charge on any atom is -0.147 e. The van der Waals surface area contributed by atoms with E-state index in [0.29, 0.717) is 3.54 Å². The molecule has 1 rings (SSSR count). The van der Waals surface area contributed by atoms with E-state index in [9.17, 15) is 4.79 Å². The molecule has 0 aromatic heterocycles. The average molecular weight is 617 g/mol. The van der Waals surface area contributed by atoms with Crippen LogP contribution >= 0.6 is 37.2 Å². The Morgan fingerprint density at radius 3 is 2.25 bits per heavy atom. The van der Waals surface area contributed by atoms with E-state index in [1.165, 1.54) is 41.8 Å². The van der Waals surface area contributed by atoms with Crippen molar-refractivity contribution in [3.8, 4) is 0 Å². The van der Waals surface area contributed by atoms with Gasteiger partial charge in [0, 0.05) is 0 Å². The third-order valence-corrected chi connectivity index (χ3v) is 8.99. The maximum atomic E-state index is 12.8. The van der Waals surface area contributed by atoms with Gasteiger partial charge in [-0.3, -0.25) is 0 Å². The monoisotopic (exact) mass is 617 g/mol. The molecular weight excluding hydrogens is 579 g/mol. The van der Waals surface area contributed by atoms with Crippen LogP contribution in [0.5, 0.6) is 0 Å². The fraction of sp³-hybridized carbons (Fsp3) is 0.591. The van der Waals surface area contributed by atoms with Crippen LogP contribution in [0.4, 0.5) is 0 Å². The Balaban J connectivity index is -0.00000208. The number of hydrogen-bond acceptors (Lipinski definition) is 2. The van der Waals surface area contributed by atoms with Crippen LogP contribution in [0, 0.1) is 5.92 Å². The predicted molar refractivity (Wildman–Crippen MR) is 127 cm³/mol.